The number of aromatic hydroxyl groups is 2. The smallest absolute Gasteiger partial charge is 0.184 e. The number of aliphatic hydroxyl groups is 1. The third-order valence-corrected chi connectivity index (χ3v) is 10.0. The van der Waals surface area contributed by atoms with E-state index in [0.717, 1.165) is 22.8 Å². The van der Waals surface area contributed by atoms with E-state index in [-0.39, 0.29) is 30.1 Å². The normalized spacial score (nSPS) is 26.0. The first-order valence-electron chi connectivity index (χ1n) is 15.5. The summed E-state index contributed by atoms with van der Waals surface area (Å²) < 4.78 is 0. The Morgan fingerprint density at radius 1 is 0.909 bits per heavy atom. The molecule has 3 N–H and O–H groups in total. The van der Waals surface area contributed by atoms with E-state index in [1.54, 1.807) is 0 Å². The van der Waals surface area contributed by atoms with Crippen LogP contribution in [0, 0.1) is 28.1 Å². The largest absolute Gasteiger partial charge is 0.506 e. The number of fused-ring (bicyclic) bond motifs is 2. The summed E-state index contributed by atoms with van der Waals surface area (Å²) in [6.07, 6.45) is 8.08. The maximum atomic E-state index is 15.3. The van der Waals surface area contributed by atoms with Crippen molar-refractivity contribution in [1.29, 1.82) is 0 Å². The Hall–Kier alpha value is -3.67. The van der Waals surface area contributed by atoms with Crippen molar-refractivity contribution in [2.45, 2.75) is 94.4 Å². The molecule has 6 heteroatoms. The molecule has 0 amide bonds. The first-order valence-corrected chi connectivity index (χ1v) is 15.5. The van der Waals surface area contributed by atoms with Gasteiger partial charge in [-0.15, -0.1) is 0 Å². The van der Waals surface area contributed by atoms with E-state index in [1.165, 1.54) is 12.1 Å². The van der Waals surface area contributed by atoms with Crippen LogP contribution in [0.5, 0.6) is 11.5 Å². The zero-order valence-corrected chi connectivity index (χ0v) is 27.9. The zero-order chi connectivity index (χ0) is 33.4. The van der Waals surface area contributed by atoms with Gasteiger partial charge in [0.1, 0.15) is 22.2 Å². The fraction of sp³-hybridized carbons (Fsp3) is 0.500. The summed E-state index contributed by atoms with van der Waals surface area (Å²) in [7, 11) is 0. The van der Waals surface area contributed by atoms with E-state index in [2.05, 4.69) is 18.7 Å². The Labute approximate surface area is 263 Å². The molecule has 0 spiro atoms. The van der Waals surface area contributed by atoms with Crippen molar-refractivity contribution < 1.29 is 29.7 Å². The molecule has 1 aromatic carbocycles. The molecule has 2 aliphatic rings. The summed E-state index contributed by atoms with van der Waals surface area (Å²) in [4.78, 5) is 45.3. The molecule has 0 radical (unpaired) electrons. The summed E-state index contributed by atoms with van der Waals surface area (Å²) in [6.45, 7) is 21.8. The number of hydrogen-bond acceptors (Lipinski definition) is 6. The van der Waals surface area contributed by atoms with Crippen molar-refractivity contribution in [2.24, 2.45) is 28.1 Å². The lowest BCUT2D eigenvalue weighted by atomic mass is 9.37. The maximum absolute atomic E-state index is 15.3. The summed E-state index contributed by atoms with van der Waals surface area (Å²) in [5, 5.41) is 31.8. The third-order valence-electron chi connectivity index (χ3n) is 10.0. The van der Waals surface area contributed by atoms with Crippen LogP contribution in [-0.4, -0.2) is 32.7 Å². The Morgan fingerprint density at radius 3 is 2.02 bits per heavy atom. The second-order valence-corrected chi connectivity index (χ2v) is 14.2. The highest BCUT2D eigenvalue weighted by molar-refractivity contribution is 6.42. The Bertz CT molecular complexity index is 1490. The lowest BCUT2D eigenvalue weighted by molar-refractivity contribution is -0.179. The highest BCUT2D eigenvalue weighted by atomic mass is 16.3. The molecule has 238 valence electrons. The second-order valence-electron chi connectivity index (χ2n) is 14.2. The van der Waals surface area contributed by atoms with Gasteiger partial charge in [-0.1, -0.05) is 60.9 Å². The predicted octanol–water partition coefficient (Wildman–Crippen LogP) is 8.76. The van der Waals surface area contributed by atoms with Crippen LogP contribution in [0.15, 0.2) is 70.9 Å². The standard InChI is InChI=1S/C38H50O6/c1-22(2)12-11-13-28(25(7)8)37-21-27(16-14-23(3)4)36(9,10)38(35(37)44,19-18-24(5)6)34(43)31(33(37)42)32(41)26-15-17-29(39)30(40)20-26/h12,14-15,17-18,20,27-28,39-41H,7,11,13,16,19,21H2,1-6,8-10H3/t27-,28-,37-,38+/m1/s1. The number of phenolic OH excluding ortho intramolecular Hbond substituents is 2. The molecular weight excluding hydrogens is 552 g/mol. The number of carbonyl (C=O) groups excluding carboxylic acids is 3. The first-order chi connectivity index (χ1) is 20.4. The van der Waals surface area contributed by atoms with Crippen molar-refractivity contribution in [2.75, 3.05) is 0 Å². The molecule has 4 atom stereocenters. The average Bonchev–Trinajstić information content (AvgIpc) is 2.91. The van der Waals surface area contributed by atoms with Gasteiger partial charge in [0.15, 0.2) is 28.8 Å². The Balaban J connectivity index is 2.52. The van der Waals surface area contributed by atoms with Crippen LogP contribution in [-0.2, 0) is 14.4 Å². The highest BCUT2D eigenvalue weighted by Gasteiger charge is 2.75. The molecule has 0 aliphatic heterocycles. The molecule has 2 bridgehead atoms. The van der Waals surface area contributed by atoms with Crippen LogP contribution in [0.4, 0.5) is 0 Å². The van der Waals surface area contributed by atoms with Crippen molar-refractivity contribution in [3.05, 3.63) is 76.4 Å². The number of allylic oxidation sites excluding steroid dienone is 8. The summed E-state index contributed by atoms with van der Waals surface area (Å²) in [5.41, 5.74) is -0.709. The van der Waals surface area contributed by atoms with Gasteiger partial charge in [0, 0.05) is 5.56 Å². The highest BCUT2D eigenvalue weighted by Crippen LogP contribution is 2.67. The molecule has 0 aromatic heterocycles. The van der Waals surface area contributed by atoms with Crippen LogP contribution in [0.2, 0.25) is 0 Å². The summed E-state index contributed by atoms with van der Waals surface area (Å²) in [6, 6.07) is 3.65. The van der Waals surface area contributed by atoms with Crippen molar-refractivity contribution in [3.8, 4) is 11.5 Å². The lowest BCUT2D eigenvalue weighted by Gasteiger charge is -2.62. The molecule has 44 heavy (non-hydrogen) atoms. The third kappa shape index (κ3) is 5.76. The van der Waals surface area contributed by atoms with Crippen molar-refractivity contribution >= 4 is 23.1 Å². The van der Waals surface area contributed by atoms with Gasteiger partial charge in [0.05, 0.1) is 0 Å². The lowest BCUT2D eigenvalue weighted by Crippen LogP contribution is -2.71. The molecule has 0 unspecified atom stereocenters. The molecule has 2 saturated carbocycles. The number of rotatable bonds is 10. The number of benzene rings is 1. The fourth-order valence-corrected chi connectivity index (χ4v) is 7.39. The maximum Gasteiger partial charge on any atom is 0.184 e. The van der Waals surface area contributed by atoms with E-state index in [4.69, 9.17) is 0 Å². The Kier molecular flexibility index (Phi) is 10.1. The molecule has 2 fully saturated rings. The summed E-state index contributed by atoms with van der Waals surface area (Å²) in [5.74, 6) is -4.03. The number of Topliss-reactive ketones (excluding diaryl/α,β-unsaturated/α-hetero) is 3. The van der Waals surface area contributed by atoms with Crippen LogP contribution < -0.4 is 0 Å². The Morgan fingerprint density at radius 2 is 1.50 bits per heavy atom. The fourth-order valence-electron chi connectivity index (χ4n) is 7.39. The monoisotopic (exact) mass is 602 g/mol. The van der Waals surface area contributed by atoms with Crippen molar-refractivity contribution in [3.63, 3.8) is 0 Å². The summed E-state index contributed by atoms with van der Waals surface area (Å²) >= 11 is 0. The second kappa shape index (κ2) is 12.7. The van der Waals surface area contributed by atoms with Crippen LogP contribution in [0.25, 0.3) is 5.76 Å². The number of carbonyl (C=O) groups is 3. The van der Waals surface area contributed by atoms with Gasteiger partial charge in [0.2, 0.25) is 0 Å². The van der Waals surface area contributed by atoms with Crippen molar-refractivity contribution in [1.82, 2.24) is 0 Å². The molecule has 1 aromatic rings. The molecule has 3 rings (SSSR count). The average molecular weight is 603 g/mol. The number of ketones is 3. The molecular formula is C38H50O6. The predicted molar refractivity (Wildman–Crippen MR) is 176 cm³/mol. The van der Waals surface area contributed by atoms with Gasteiger partial charge in [-0.3, -0.25) is 14.4 Å². The zero-order valence-electron chi connectivity index (χ0n) is 27.9. The SMILES string of the molecule is C=C(C)[C@@H](CCC=C(C)C)[C@]12C[C@@H](CC=C(C)C)C(C)(C)[C@@](CC=C(C)C)(C(=O)C(=C(O)c3ccc(O)c(O)c3)C1=O)C2=O. The van der Waals surface area contributed by atoms with Crippen LogP contribution >= 0.6 is 0 Å². The molecule has 0 saturated heterocycles. The number of aliphatic hydroxyl groups excluding tert-OH is 1. The van der Waals surface area contributed by atoms with E-state index in [1.807, 2.05) is 68.4 Å². The minimum atomic E-state index is -1.64. The van der Waals surface area contributed by atoms with Gasteiger partial charge < -0.3 is 15.3 Å². The molecule has 2 aliphatic carbocycles. The minimum absolute atomic E-state index is 0.00671. The van der Waals surface area contributed by atoms with Crippen LogP contribution in [0.3, 0.4) is 0 Å². The van der Waals surface area contributed by atoms with Gasteiger partial charge in [-0.25, -0.2) is 0 Å². The van der Waals surface area contributed by atoms with Gasteiger partial charge in [-0.2, -0.15) is 0 Å². The molecule has 6 nitrogen and oxygen atoms in total. The number of hydrogen-bond donors (Lipinski definition) is 3. The van der Waals surface area contributed by atoms with E-state index in [0.29, 0.717) is 24.8 Å². The quantitative estimate of drug-likeness (QED) is 0.0616. The van der Waals surface area contributed by atoms with E-state index in [9.17, 15) is 20.1 Å². The van der Waals surface area contributed by atoms with E-state index < -0.39 is 56.6 Å². The first kappa shape index (κ1) is 34.8. The van der Waals surface area contributed by atoms with Crippen LogP contribution in [0.1, 0.15) is 100.0 Å². The molecule has 0 heterocycles. The minimum Gasteiger partial charge on any atom is -0.506 e. The van der Waals surface area contributed by atoms with E-state index >= 15 is 9.59 Å². The topological polar surface area (TPSA) is 112 Å². The van der Waals surface area contributed by atoms with Gasteiger partial charge in [-0.05, 0) is 116 Å². The van der Waals surface area contributed by atoms with Gasteiger partial charge >= 0.3 is 0 Å². The number of phenols is 2. The van der Waals surface area contributed by atoms with Gasteiger partial charge in [0.25, 0.3) is 0 Å².